The SMILES string of the molecule is O=C1C(=O)N(Cc2ccccn2)C(c2cccnc2)/C1=C(/O)c1ccc2c(c1)CCO2. The molecule has 5 rings (SSSR count). The molecule has 154 valence electrons. The molecule has 1 unspecified atom stereocenters. The van der Waals surface area contributed by atoms with E-state index >= 15 is 0 Å². The van der Waals surface area contributed by atoms with Crippen molar-refractivity contribution in [2.45, 2.75) is 19.0 Å². The van der Waals surface area contributed by atoms with Gasteiger partial charge in [0.15, 0.2) is 0 Å². The van der Waals surface area contributed by atoms with Crippen molar-refractivity contribution in [1.82, 2.24) is 14.9 Å². The van der Waals surface area contributed by atoms with Gasteiger partial charge < -0.3 is 14.7 Å². The van der Waals surface area contributed by atoms with Crippen LogP contribution in [0.15, 0.2) is 72.7 Å². The average molecular weight is 413 g/mol. The lowest BCUT2D eigenvalue weighted by molar-refractivity contribution is -0.140. The number of hydrogen-bond acceptors (Lipinski definition) is 6. The highest BCUT2D eigenvalue weighted by Crippen LogP contribution is 2.40. The van der Waals surface area contributed by atoms with E-state index in [9.17, 15) is 14.7 Å². The molecule has 1 N–H and O–H groups in total. The van der Waals surface area contributed by atoms with E-state index in [-0.39, 0.29) is 17.9 Å². The van der Waals surface area contributed by atoms with Crippen LogP contribution in [0, 0.1) is 0 Å². The predicted octanol–water partition coefficient (Wildman–Crippen LogP) is 3.03. The lowest BCUT2D eigenvalue weighted by atomic mass is 9.95. The van der Waals surface area contributed by atoms with Crippen LogP contribution in [0.1, 0.15) is 28.4 Å². The Bertz CT molecular complexity index is 1190. The molecule has 7 nitrogen and oxygen atoms in total. The Kier molecular flexibility index (Phi) is 4.71. The normalized spacial score (nSPS) is 19.4. The molecule has 1 aromatic carbocycles. The summed E-state index contributed by atoms with van der Waals surface area (Å²) >= 11 is 0. The van der Waals surface area contributed by atoms with E-state index < -0.39 is 17.7 Å². The number of amides is 1. The fourth-order valence-corrected chi connectivity index (χ4v) is 4.08. The number of carbonyl (C=O) groups excluding carboxylic acids is 2. The van der Waals surface area contributed by atoms with Crippen molar-refractivity contribution in [2.24, 2.45) is 0 Å². The maximum Gasteiger partial charge on any atom is 0.296 e. The van der Waals surface area contributed by atoms with E-state index in [1.54, 1.807) is 55.0 Å². The van der Waals surface area contributed by atoms with Crippen molar-refractivity contribution in [3.05, 3.63) is 95.1 Å². The maximum absolute atomic E-state index is 13.1. The van der Waals surface area contributed by atoms with Crippen LogP contribution in [0.25, 0.3) is 5.76 Å². The van der Waals surface area contributed by atoms with Crippen LogP contribution in [-0.2, 0) is 22.6 Å². The molecule has 31 heavy (non-hydrogen) atoms. The quantitative estimate of drug-likeness (QED) is 0.402. The van der Waals surface area contributed by atoms with E-state index in [2.05, 4.69) is 9.97 Å². The van der Waals surface area contributed by atoms with Crippen LogP contribution >= 0.6 is 0 Å². The zero-order chi connectivity index (χ0) is 21.4. The molecule has 7 heteroatoms. The van der Waals surface area contributed by atoms with Crippen molar-refractivity contribution in [1.29, 1.82) is 0 Å². The first kappa shape index (κ1) is 19.0. The number of aliphatic hydroxyl groups excluding tert-OH is 1. The summed E-state index contributed by atoms with van der Waals surface area (Å²) in [5.74, 6) is -0.828. The molecule has 2 aromatic heterocycles. The minimum Gasteiger partial charge on any atom is -0.507 e. The molecule has 4 heterocycles. The first-order valence-electron chi connectivity index (χ1n) is 9.98. The molecule has 1 atom stereocenters. The molecule has 1 saturated heterocycles. The van der Waals surface area contributed by atoms with Crippen molar-refractivity contribution >= 4 is 17.4 Å². The van der Waals surface area contributed by atoms with Crippen molar-refractivity contribution < 1.29 is 19.4 Å². The van der Waals surface area contributed by atoms with Crippen LogP contribution in [0.4, 0.5) is 0 Å². The summed E-state index contributed by atoms with van der Waals surface area (Å²) in [5, 5.41) is 11.2. The summed E-state index contributed by atoms with van der Waals surface area (Å²) in [6, 6.07) is 13.5. The number of nitrogens with zero attached hydrogens (tertiary/aromatic N) is 3. The van der Waals surface area contributed by atoms with Crippen LogP contribution < -0.4 is 4.74 Å². The van der Waals surface area contributed by atoms with Crippen molar-refractivity contribution in [3.8, 4) is 5.75 Å². The van der Waals surface area contributed by atoms with Crippen LogP contribution in [0.5, 0.6) is 5.75 Å². The van der Waals surface area contributed by atoms with Crippen LogP contribution in [0.3, 0.4) is 0 Å². The Morgan fingerprint density at radius 3 is 2.81 bits per heavy atom. The number of ether oxygens (including phenoxy) is 1. The summed E-state index contributed by atoms with van der Waals surface area (Å²) in [4.78, 5) is 35.9. The number of carbonyl (C=O) groups is 2. The minimum absolute atomic E-state index is 0.0489. The number of likely N-dealkylation sites (tertiary alicyclic amines) is 1. The molecule has 0 radical (unpaired) electrons. The molecule has 0 bridgehead atoms. The highest BCUT2D eigenvalue weighted by atomic mass is 16.5. The smallest absolute Gasteiger partial charge is 0.296 e. The molecule has 1 amide bonds. The van der Waals surface area contributed by atoms with Crippen LogP contribution in [0.2, 0.25) is 0 Å². The number of fused-ring (bicyclic) bond motifs is 1. The standard InChI is InChI=1S/C24H19N3O4/c28-22(16-6-7-19-15(12-16)8-11-31-19)20-21(17-4-3-9-25-13-17)27(24(30)23(20)29)14-18-5-1-2-10-26-18/h1-7,9-10,12-13,21,28H,8,11,14H2/b22-20-. The van der Waals surface area contributed by atoms with E-state index in [1.165, 1.54) is 4.90 Å². The third-order valence-electron chi connectivity index (χ3n) is 5.56. The topological polar surface area (TPSA) is 92.6 Å². The Morgan fingerprint density at radius 2 is 2.03 bits per heavy atom. The predicted molar refractivity (Wildman–Crippen MR) is 112 cm³/mol. The monoisotopic (exact) mass is 413 g/mol. The molecule has 0 saturated carbocycles. The summed E-state index contributed by atoms with van der Waals surface area (Å²) < 4.78 is 5.53. The highest BCUT2D eigenvalue weighted by Gasteiger charge is 2.46. The zero-order valence-corrected chi connectivity index (χ0v) is 16.6. The Morgan fingerprint density at radius 1 is 1.13 bits per heavy atom. The number of Topliss-reactive ketones (excluding diaryl/α,β-unsaturated/α-hetero) is 1. The minimum atomic E-state index is -0.764. The van der Waals surface area contributed by atoms with Crippen LogP contribution in [-0.4, -0.2) is 38.3 Å². The van der Waals surface area contributed by atoms with Gasteiger partial charge in [-0.1, -0.05) is 12.1 Å². The second-order valence-corrected chi connectivity index (χ2v) is 7.46. The molecular weight excluding hydrogens is 394 g/mol. The molecule has 0 spiro atoms. The molecular formula is C24H19N3O4. The molecule has 2 aliphatic heterocycles. The van der Waals surface area contributed by atoms with Gasteiger partial charge in [-0.05, 0) is 47.5 Å². The zero-order valence-electron chi connectivity index (χ0n) is 16.6. The van der Waals surface area contributed by atoms with E-state index in [0.717, 1.165) is 17.7 Å². The molecule has 3 aromatic rings. The Hall–Kier alpha value is -4.00. The largest absolute Gasteiger partial charge is 0.507 e. The number of pyridine rings is 2. The van der Waals surface area contributed by atoms with E-state index in [1.807, 2.05) is 12.1 Å². The van der Waals surface area contributed by atoms with Gasteiger partial charge in [0.2, 0.25) is 0 Å². The first-order valence-corrected chi connectivity index (χ1v) is 9.98. The Labute approximate surface area is 178 Å². The lowest BCUT2D eigenvalue weighted by Crippen LogP contribution is -2.29. The van der Waals surface area contributed by atoms with Gasteiger partial charge in [0, 0.05) is 30.6 Å². The highest BCUT2D eigenvalue weighted by molar-refractivity contribution is 6.46. The van der Waals surface area contributed by atoms with E-state index in [4.69, 9.17) is 4.74 Å². The number of aliphatic hydroxyl groups is 1. The third kappa shape index (κ3) is 3.34. The van der Waals surface area contributed by atoms with Crippen molar-refractivity contribution in [3.63, 3.8) is 0 Å². The summed E-state index contributed by atoms with van der Waals surface area (Å²) in [6.45, 7) is 0.726. The molecule has 1 fully saturated rings. The second-order valence-electron chi connectivity index (χ2n) is 7.46. The fraction of sp³-hybridized carbons (Fsp3) is 0.167. The van der Waals surface area contributed by atoms with Gasteiger partial charge in [-0.15, -0.1) is 0 Å². The number of hydrogen-bond donors (Lipinski definition) is 1. The summed E-state index contributed by atoms with van der Waals surface area (Å²) in [6.07, 6.45) is 5.59. The summed E-state index contributed by atoms with van der Waals surface area (Å²) in [5.41, 5.74) is 2.78. The number of aromatic nitrogens is 2. The van der Waals surface area contributed by atoms with Gasteiger partial charge >= 0.3 is 0 Å². The van der Waals surface area contributed by atoms with E-state index in [0.29, 0.717) is 23.4 Å². The number of ketones is 1. The first-order chi connectivity index (χ1) is 15.1. The third-order valence-corrected chi connectivity index (χ3v) is 5.56. The average Bonchev–Trinajstić information content (AvgIpc) is 3.38. The molecule has 2 aliphatic rings. The lowest BCUT2D eigenvalue weighted by Gasteiger charge is -2.24. The summed E-state index contributed by atoms with van der Waals surface area (Å²) in [7, 11) is 0. The second kappa shape index (κ2) is 7.68. The van der Waals surface area contributed by atoms with Gasteiger partial charge in [0.05, 0.1) is 30.5 Å². The van der Waals surface area contributed by atoms with Gasteiger partial charge in [-0.25, -0.2) is 0 Å². The van der Waals surface area contributed by atoms with Gasteiger partial charge in [-0.2, -0.15) is 0 Å². The van der Waals surface area contributed by atoms with Gasteiger partial charge in [0.1, 0.15) is 11.5 Å². The number of benzene rings is 1. The van der Waals surface area contributed by atoms with Gasteiger partial charge in [0.25, 0.3) is 11.7 Å². The van der Waals surface area contributed by atoms with Crippen molar-refractivity contribution in [2.75, 3.05) is 6.61 Å². The van der Waals surface area contributed by atoms with Gasteiger partial charge in [-0.3, -0.25) is 19.6 Å². The molecule has 0 aliphatic carbocycles. The number of rotatable bonds is 4. The Balaban J connectivity index is 1.63. The maximum atomic E-state index is 13.1. The fourth-order valence-electron chi connectivity index (χ4n) is 4.08.